The number of carbonyl (C=O) groups excluding carboxylic acids is 2. The van der Waals surface area contributed by atoms with E-state index in [4.69, 9.17) is 4.74 Å². The van der Waals surface area contributed by atoms with Gasteiger partial charge in [-0.15, -0.1) is 0 Å². The maximum atomic E-state index is 12.6. The van der Waals surface area contributed by atoms with Crippen LogP contribution in [0.4, 0.5) is 0 Å². The third kappa shape index (κ3) is 5.15. The molecule has 0 atom stereocenters. The first-order valence-electron chi connectivity index (χ1n) is 10.8. The van der Waals surface area contributed by atoms with Crippen LogP contribution in [0.15, 0.2) is 24.3 Å². The quantitative estimate of drug-likeness (QED) is 0.810. The lowest BCUT2D eigenvalue weighted by Gasteiger charge is -2.33. The average Bonchev–Trinajstić information content (AvgIpc) is 3.20. The zero-order valence-electron chi connectivity index (χ0n) is 16.9. The summed E-state index contributed by atoms with van der Waals surface area (Å²) in [6.07, 6.45) is 4.66. The minimum Gasteiger partial charge on any atom is -0.378 e. The van der Waals surface area contributed by atoms with Gasteiger partial charge in [-0.2, -0.15) is 0 Å². The van der Waals surface area contributed by atoms with Gasteiger partial charge in [-0.05, 0) is 37.3 Å². The predicted molar refractivity (Wildman–Crippen MR) is 110 cm³/mol. The molecule has 1 aromatic heterocycles. The number of aromatic amines is 1. The second kappa shape index (κ2) is 9.39. The molecule has 0 spiro atoms. The highest BCUT2D eigenvalue weighted by molar-refractivity contribution is 5.77. The molecule has 156 valence electrons. The fourth-order valence-corrected chi connectivity index (χ4v) is 4.28. The number of nitrogens with zero attached hydrogens (tertiary/aromatic N) is 3. The molecule has 29 heavy (non-hydrogen) atoms. The lowest BCUT2D eigenvalue weighted by Crippen LogP contribution is -2.41. The zero-order valence-corrected chi connectivity index (χ0v) is 16.9. The fraction of sp³-hybridized carbons (Fsp3) is 0.591. The second-order valence-corrected chi connectivity index (χ2v) is 8.06. The molecule has 1 aromatic carbocycles. The Hall–Kier alpha value is -2.41. The zero-order chi connectivity index (χ0) is 20.1. The molecule has 0 radical (unpaired) electrons. The molecule has 0 aliphatic carbocycles. The summed E-state index contributed by atoms with van der Waals surface area (Å²) >= 11 is 0. The number of amides is 2. The lowest BCUT2D eigenvalue weighted by atomic mass is 9.91. The van der Waals surface area contributed by atoms with E-state index in [1.807, 2.05) is 34.1 Å². The number of para-hydroxylation sites is 2. The van der Waals surface area contributed by atoms with Crippen LogP contribution in [0, 0.1) is 5.92 Å². The fourth-order valence-electron chi connectivity index (χ4n) is 4.28. The first-order chi connectivity index (χ1) is 14.2. The van der Waals surface area contributed by atoms with Crippen molar-refractivity contribution in [3.8, 4) is 0 Å². The van der Waals surface area contributed by atoms with E-state index in [0.29, 0.717) is 38.4 Å². The topological polar surface area (TPSA) is 78.5 Å². The summed E-state index contributed by atoms with van der Waals surface area (Å²) in [5, 5.41) is 0. The molecule has 0 saturated carbocycles. The number of aromatic nitrogens is 2. The summed E-state index contributed by atoms with van der Waals surface area (Å²) in [4.78, 5) is 36.6. The van der Waals surface area contributed by atoms with Crippen LogP contribution in [0.3, 0.4) is 0 Å². The monoisotopic (exact) mass is 398 g/mol. The highest BCUT2D eigenvalue weighted by Gasteiger charge is 2.24. The Morgan fingerprint density at radius 2 is 1.69 bits per heavy atom. The molecule has 2 aliphatic heterocycles. The van der Waals surface area contributed by atoms with Crippen molar-refractivity contribution in [1.29, 1.82) is 0 Å². The van der Waals surface area contributed by atoms with Crippen LogP contribution in [0.1, 0.15) is 37.9 Å². The summed E-state index contributed by atoms with van der Waals surface area (Å²) in [6.45, 7) is 4.35. The van der Waals surface area contributed by atoms with E-state index in [-0.39, 0.29) is 11.8 Å². The normalized spacial score (nSPS) is 18.3. The number of nitrogens with one attached hydrogen (secondary N) is 1. The number of aryl methyl sites for hydroxylation is 1. The number of hydrogen-bond acceptors (Lipinski definition) is 4. The van der Waals surface area contributed by atoms with Gasteiger partial charge in [-0.3, -0.25) is 9.59 Å². The van der Waals surface area contributed by atoms with E-state index < -0.39 is 0 Å². The van der Waals surface area contributed by atoms with Gasteiger partial charge in [0.15, 0.2) is 0 Å². The third-order valence-corrected chi connectivity index (χ3v) is 6.11. The summed E-state index contributed by atoms with van der Waals surface area (Å²) in [6, 6.07) is 7.93. The van der Waals surface area contributed by atoms with Crippen LogP contribution in [-0.2, 0) is 20.7 Å². The molecule has 2 aromatic rings. The first-order valence-corrected chi connectivity index (χ1v) is 10.8. The summed E-state index contributed by atoms with van der Waals surface area (Å²) in [5.74, 6) is 1.86. The van der Waals surface area contributed by atoms with Crippen LogP contribution in [0.2, 0.25) is 0 Å². The molecule has 7 nitrogen and oxygen atoms in total. The van der Waals surface area contributed by atoms with Gasteiger partial charge in [-0.25, -0.2) is 4.98 Å². The van der Waals surface area contributed by atoms with E-state index in [1.165, 1.54) is 0 Å². The van der Waals surface area contributed by atoms with Crippen molar-refractivity contribution in [2.45, 2.75) is 38.5 Å². The van der Waals surface area contributed by atoms with E-state index in [9.17, 15) is 9.59 Å². The molecule has 7 heteroatoms. The summed E-state index contributed by atoms with van der Waals surface area (Å²) in [7, 11) is 0. The van der Waals surface area contributed by atoms with Gasteiger partial charge in [0.25, 0.3) is 0 Å². The summed E-state index contributed by atoms with van der Waals surface area (Å²) in [5.41, 5.74) is 1.96. The number of fused-ring (bicyclic) bond motifs is 1. The van der Waals surface area contributed by atoms with Gasteiger partial charge in [0.05, 0.1) is 24.2 Å². The number of likely N-dealkylation sites (tertiary alicyclic amines) is 1. The molecular weight excluding hydrogens is 368 g/mol. The molecular formula is C22H30N4O3. The smallest absolute Gasteiger partial charge is 0.223 e. The standard InChI is InChI=1S/C22H30N4O3/c27-21(26-13-15-29-16-14-26)7-5-17-9-11-25(12-10-17)22(28)8-6-20-23-18-3-1-2-4-19(18)24-20/h1-4,17H,5-16H2,(H,23,24). The molecule has 2 amide bonds. The Morgan fingerprint density at radius 3 is 2.45 bits per heavy atom. The molecule has 2 fully saturated rings. The van der Waals surface area contributed by atoms with Gasteiger partial charge in [0.2, 0.25) is 11.8 Å². The van der Waals surface area contributed by atoms with Gasteiger partial charge >= 0.3 is 0 Å². The van der Waals surface area contributed by atoms with Crippen molar-refractivity contribution >= 4 is 22.8 Å². The van der Waals surface area contributed by atoms with Crippen LogP contribution in [0.5, 0.6) is 0 Å². The number of piperidine rings is 1. The van der Waals surface area contributed by atoms with E-state index in [1.54, 1.807) is 0 Å². The van der Waals surface area contributed by atoms with Gasteiger partial charge in [0, 0.05) is 45.4 Å². The Bertz CT molecular complexity index is 802. The molecule has 1 N–H and O–H groups in total. The Labute approximate surface area is 171 Å². The number of morpholine rings is 1. The minimum absolute atomic E-state index is 0.202. The third-order valence-electron chi connectivity index (χ3n) is 6.11. The van der Waals surface area contributed by atoms with Crippen LogP contribution in [0.25, 0.3) is 11.0 Å². The first kappa shape index (κ1) is 19.9. The van der Waals surface area contributed by atoms with Crippen molar-refractivity contribution in [1.82, 2.24) is 19.8 Å². The lowest BCUT2D eigenvalue weighted by molar-refractivity contribution is -0.136. The Balaban J connectivity index is 1.17. The van der Waals surface area contributed by atoms with Crippen molar-refractivity contribution in [3.63, 3.8) is 0 Å². The molecule has 2 aliphatic rings. The second-order valence-electron chi connectivity index (χ2n) is 8.06. The highest BCUT2D eigenvalue weighted by Crippen LogP contribution is 2.23. The molecule has 2 saturated heterocycles. The molecule has 0 unspecified atom stereocenters. The van der Waals surface area contributed by atoms with Crippen LogP contribution >= 0.6 is 0 Å². The average molecular weight is 399 g/mol. The number of rotatable bonds is 6. The molecule has 4 rings (SSSR count). The highest BCUT2D eigenvalue weighted by atomic mass is 16.5. The van der Waals surface area contributed by atoms with Crippen molar-refractivity contribution in [2.75, 3.05) is 39.4 Å². The maximum absolute atomic E-state index is 12.6. The van der Waals surface area contributed by atoms with Crippen molar-refractivity contribution in [2.24, 2.45) is 5.92 Å². The van der Waals surface area contributed by atoms with Gasteiger partial charge in [-0.1, -0.05) is 12.1 Å². The van der Waals surface area contributed by atoms with Crippen LogP contribution < -0.4 is 0 Å². The SMILES string of the molecule is O=C(CCC1CCN(C(=O)CCc2nc3ccccc3[nH]2)CC1)N1CCOCC1. The van der Waals surface area contributed by atoms with Gasteiger partial charge in [0.1, 0.15) is 5.82 Å². The molecule has 0 bridgehead atoms. The minimum atomic E-state index is 0.202. The van der Waals surface area contributed by atoms with E-state index in [2.05, 4.69) is 9.97 Å². The van der Waals surface area contributed by atoms with Crippen molar-refractivity contribution in [3.05, 3.63) is 30.1 Å². The number of benzene rings is 1. The van der Waals surface area contributed by atoms with Crippen molar-refractivity contribution < 1.29 is 14.3 Å². The predicted octanol–water partition coefficient (Wildman–Crippen LogP) is 2.37. The van der Waals surface area contributed by atoms with Crippen LogP contribution in [-0.4, -0.2) is 71.0 Å². The number of hydrogen-bond donors (Lipinski definition) is 1. The number of imidazole rings is 1. The van der Waals surface area contributed by atoms with E-state index in [0.717, 1.165) is 62.3 Å². The van der Waals surface area contributed by atoms with E-state index >= 15 is 0 Å². The number of H-pyrrole nitrogens is 1. The number of carbonyl (C=O) groups is 2. The summed E-state index contributed by atoms with van der Waals surface area (Å²) < 4.78 is 5.30. The number of ether oxygens (including phenoxy) is 1. The molecule has 3 heterocycles. The Morgan fingerprint density at radius 1 is 1.00 bits per heavy atom. The van der Waals surface area contributed by atoms with Gasteiger partial charge < -0.3 is 19.5 Å². The Kier molecular flexibility index (Phi) is 6.44. The maximum Gasteiger partial charge on any atom is 0.223 e. The largest absolute Gasteiger partial charge is 0.378 e.